The van der Waals surface area contributed by atoms with Crippen molar-refractivity contribution in [2.45, 2.75) is 26.2 Å². The fourth-order valence-corrected chi connectivity index (χ4v) is 1.69. The molecule has 80 valence electrons. The van der Waals surface area contributed by atoms with Crippen molar-refractivity contribution >= 4 is 11.2 Å². The van der Waals surface area contributed by atoms with E-state index in [0.29, 0.717) is 0 Å². The van der Waals surface area contributed by atoms with Gasteiger partial charge in [0.25, 0.3) is 0 Å². The van der Waals surface area contributed by atoms with Crippen LogP contribution in [-0.4, -0.2) is 16.4 Å². The second-order valence-corrected chi connectivity index (χ2v) is 4.79. The van der Waals surface area contributed by atoms with Gasteiger partial charge in [-0.15, -0.1) is 0 Å². The summed E-state index contributed by atoms with van der Waals surface area (Å²) in [6.45, 7) is 6.52. The minimum Gasteiger partial charge on any atom is -0.387 e. The SMILES string of the molecule is CNc1ccc2cnc(C(C)(C)C)n2c1. The molecule has 2 aromatic rings. The van der Waals surface area contributed by atoms with E-state index in [9.17, 15) is 0 Å². The van der Waals surface area contributed by atoms with Crippen LogP contribution in [0.2, 0.25) is 0 Å². The molecule has 0 radical (unpaired) electrons. The van der Waals surface area contributed by atoms with Gasteiger partial charge in [0.05, 0.1) is 17.4 Å². The van der Waals surface area contributed by atoms with Crippen molar-refractivity contribution in [1.29, 1.82) is 0 Å². The topological polar surface area (TPSA) is 29.3 Å². The van der Waals surface area contributed by atoms with Crippen LogP contribution in [0.25, 0.3) is 5.52 Å². The average molecular weight is 203 g/mol. The molecule has 15 heavy (non-hydrogen) atoms. The van der Waals surface area contributed by atoms with Crippen LogP contribution < -0.4 is 5.32 Å². The molecule has 3 nitrogen and oxygen atoms in total. The fraction of sp³-hybridized carbons (Fsp3) is 0.417. The zero-order valence-electron chi connectivity index (χ0n) is 9.70. The molecule has 2 aromatic heterocycles. The quantitative estimate of drug-likeness (QED) is 0.772. The molecule has 0 amide bonds. The zero-order valence-corrected chi connectivity index (χ0v) is 9.70. The van der Waals surface area contributed by atoms with Crippen molar-refractivity contribution in [2.75, 3.05) is 12.4 Å². The molecule has 0 bridgehead atoms. The van der Waals surface area contributed by atoms with Crippen molar-refractivity contribution in [3.05, 3.63) is 30.4 Å². The van der Waals surface area contributed by atoms with Crippen LogP contribution in [0.4, 0.5) is 5.69 Å². The van der Waals surface area contributed by atoms with Crippen molar-refractivity contribution in [2.24, 2.45) is 0 Å². The Morgan fingerprint density at radius 1 is 1.27 bits per heavy atom. The molecule has 0 aromatic carbocycles. The second-order valence-electron chi connectivity index (χ2n) is 4.79. The van der Waals surface area contributed by atoms with Crippen molar-refractivity contribution in [3.63, 3.8) is 0 Å². The lowest BCUT2D eigenvalue weighted by atomic mass is 9.96. The summed E-state index contributed by atoms with van der Waals surface area (Å²) in [4.78, 5) is 4.48. The average Bonchev–Trinajstić information content (AvgIpc) is 2.59. The molecule has 0 aliphatic carbocycles. The Kier molecular flexibility index (Phi) is 2.18. The molecule has 0 fully saturated rings. The van der Waals surface area contributed by atoms with Crippen molar-refractivity contribution in [1.82, 2.24) is 9.38 Å². The first-order chi connectivity index (χ1) is 7.02. The number of anilines is 1. The van der Waals surface area contributed by atoms with E-state index in [1.54, 1.807) is 0 Å². The van der Waals surface area contributed by atoms with E-state index < -0.39 is 0 Å². The molecular weight excluding hydrogens is 186 g/mol. The lowest BCUT2D eigenvalue weighted by Gasteiger charge is -2.17. The monoisotopic (exact) mass is 203 g/mol. The van der Waals surface area contributed by atoms with Gasteiger partial charge in [0.1, 0.15) is 5.82 Å². The predicted molar refractivity (Wildman–Crippen MR) is 63.4 cm³/mol. The minimum atomic E-state index is 0.0682. The summed E-state index contributed by atoms with van der Waals surface area (Å²) < 4.78 is 2.14. The van der Waals surface area contributed by atoms with Crippen LogP contribution in [0.1, 0.15) is 26.6 Å². The van der Waals surface area contributed by atoms with Crippen LogP contribution in [-0.2, 0) is 5.41 Å². The van der Waals surface area contributed by atoms with Gasteiger partial charge in [-0.25, -0.2) is 4.98 Å². The molecule has 0 atom stereocenters. The Hall–Kier alpha value is -1.51. The van der Waals surface area contributed by atoms with Crippen LogP contribution in [0.3, 0.4) is 0 Å². The molecular formula is C12H17N3. The Balaban J connectivity index is 2.67. The standard InChI is InChI=1S/C12H17N3/c1-12(2,3)11-14-7-10-6-5-9(13-4)8-15(10)11/h5-8,13H,1-4H3. The minimum absolute atomic E-state index is 0.0682. The lowest BCUT2D eigenvalue weighted by Crippen LogP contribution is -2.15. The van der Waals surface area contributed by atoms with Gasteiger partial charge in [-0.1, -0.05) is 20.8 Å². The molecule has 0 unspecified atom stereocenters. The molecule has 0 aliphatic heterocycles. The third-order valence-electron chi connectivity index (χ3n) is 2.49. The van der Waals surface area contributed by atoms with Gasteiger partial charge in [-0.05, 0) is 12.1 Å². The van der Waals surface area contributed by atoms with Crippen LogP contribution >= 0.6 is 0 Å². The summed E-state index contributed by atoms with van der Waals surface area (Å²) in [5.74, 6) is 1.09. The third kappa shape index (κ3) is 1.69. The molecule has 2 rings (SSSR count). The van der Waals surface area contributed by atoms with Gasteiger partial charge < -0.3 is 9.72 Å². The highest BCUT2D eigenvalue weighted by molar-refractivity contribution is 5.54. The van der Waals surface area contributed by atoms with Gasteiger partial charge >= 0.3 is 0 Å². The number of rotatable bonds is 1. The molecule has 0 spiro atoms. The summed E-state index contributed by atoms with van der Waals surface area (Å²) in [5.41, 5.74) is 2.31. The van der Waals surface area contributed by atoms with Gasteiger partial charge in [0.2, 0.25) is 0 Å². The zero-order chi connectivity index (χ0) is 11.1. The van der Waals surface area contributed by atoms with Crippen LogP contribution in [0.15, 0.2) is 24.5 Å². The number of nitrogens with one attached hydrogen (secondary N) is 1. The maximum absolute atomic E-state index is 4.48. The van der Waals surface area contributed by atoms with Gasteiger partial charge in [0, 0.05) is 18.7 Å². The first-order valence-electron chi connectivity index (χ1n) is 5.18. The number of fused-ring (bicyclic) bond motifs is 1. The highest BCUT2D eigenvalue weighted by Gasteiger charge is 2.19. The van der Waals surface area contributed by atoms with E-state index in [2.05, 4.69) is 53.8 Å². The Bertz CT molecular complexity index is 477. The number of nitrogens with zero attached hydrogens (tertiary/aromatic N) is 2. The summed E-state index contributed by atoms with van der Waals surface area (Å²) in [6.07, 6.45) is 4.00. The number of hydrogen-bond donors (Lipinski definition) is 1. The fourth-order valence-electron chi connectivity index (χ4n) is 1.69. The Labute approximate surface area is 90.1 Å². The lowest BCUT2D eigenvalue weighted by molar-refractivity contribution is 0.543. The predicted octanol–water partition coefficient (Wildman–Crippen LogP) is 2.67. The Morgan fingerprint density at radius 3 is 2.60 bits per heavy atom. The first kappa shape index (κ1) is 10.0. The highest BCUT2D eigenvalue weighted by Crippen LogP contribution is 2.23. The molecule has 0 saturated heterocycles. The van der Waals surface area contributed by atoms with E-state index in [0.717, 1.165) is 17.0 Å². The summed E-state index contributed by atoms with van der Waals surface area (Å²) in [5, 5.41) is 3.14. The third-order valence-corrected chi connectivity index (χ3v) is 2.49. The number of pyridine rings is 1. The van der Waals surface area contributed by atoms with E-state index in [1.807, 2.05) is 13.2 Å². The van der Waals surface area contributed by atoms with E-state index in [-0.39, 0.29) is 5.41 Å². The van der Waals surface area contributed by atoms with Crippen LogP contribution in [0.5, 0.6) is 0 Å². The number of hydrogen-bond acceptors (Lipinski definition) is 2. The van der Waals surface area contributed by atoms with E-state index in [1.165, 1.54) is 0 Å². The molecule has 3 heteroatoms. The largest absolute Gasteiger partial charge is 0.387 e. The normalized spacial score (nSPS) is 12.0. The van der Waals surface area contributed by atoms with Crippen molar-refractivity contribution in [3.8, 4) is 0 Å². The molecule has 2 heterocycles. The first-order valence-corrected chi connectivity index (χ1v) is 5.18. The summed E-state index contributed by atoms with van der Waals surface area (Å²) >= 11 is 0. The van der Waals surface area contributed by atoms with E-state index >= 15 is 0 Å². The number of aromatic nitrogens is 2. The highest BCUT2D eigenvalue weighted by atomic mass is 15.0. The Morgan fingerprint density at radius 2 is 2.00 bits per heavy atom. The maximum atomic E-state index is 4.48. The molecule has 0 aliphatic rings. The summed E-state index contributed by atoms with van der Waals surface area (Å²) in [7, 11) is 1.93. The van der Waals surface area contributed by atoms with Crippen molar-refractivity contribution < 1.29 is 0 Å². The molecule has 0 saturated carbocycles. The second kappa shape index (κ2) is 3.26. The summed E-state index contributed by atoms with van der Waals surface area (Å²) in [6, 6.07) is 4.14. The maximum Gasteiger partial charge on any atom is 0.118 e. The molecule has 1 N–H and O–H groups in total. The smallest absolute Gasteiger partial charge is 0.118 e. The van der Waals surface area contributed by atoms with Gasteiger partial charge in [-0.3, -0.25) is 0 Å². The van der Waals surface area contributed by atoms with Crippen LogP contribution in [0, 0.1) is 0 Å². The number of imidazole rings is 1. The van der Waals surface area contributed by atoms with E-state index in [4.69, 9.17) is 0 Å². The van der Waals surface area contributed by atoms with Gasteiger partial charge in [-0.2, -0.15) is 0 Å². The van der Waals surface area contributed by atoms with Gasteiger partial charge in [0.15, 0.2) is 0 Å².